The Morgan fingerprint density at radius 1 is 1.25 bits per heavy atom. The molecular formula is C10H13F2NO3. The highest BCUT2D eigenvalue weighted by atomic mass is 19.3. The van der Waals surface area contributed by atoms with Crippen molar-refractivity contribution in [3.05, 3.63) is 23.3 Å². The summed E-state index contributed by atoms with van der Waals surface area (Å²) in [6.07, 6.45) is -2.65. The number of benzene rings is 1. The van der Waals surface area contributed by atoms with E-state index in [1.165, 1.54) is 26.4 Å². The average Bonchev–Trinajstić information content (AvgIpc) is 2.28. The zero-order valence-corrected chi connectivity index (χ0v) is 9.00. The zero-order chi connectivity index (χ0) is 12.1. The van der Waals surface area contributed by atoms with Gasteiger partial charge in [-0.25, -0.2) is 14.7 Å². The van der Waals surface area contributed by atoms with E-state index in [9.17, 15) is 8.78 Å². The molecule has 0 unspecified atom stereocenters. The van der Waals surface area contributed by atoms with Gasteiger partial charge >= 0.3 is 0 Å². The van der Waals surface area contributed by atoms with Gasteiger partial charge in [-0.15, -0.1) is 0 Å². The standard InChI is InChI=1S/C10H13F2NO3/c1-14-8-4-6(5-16-13)3-7(10(11)12)9(8)15-2/h3-4,10H,5,13H2,1-2H3. The molecule has 16 heavy (non-hydrogen) atoms. The third-order valence-corrected chi connectivity index (χ3v) is 2.05. The van der Waals surface area contributed by atoms with Gasteiger partial charge in [0, 0.05) is 0 Å². The SMILES string of the molecule is COc1cc(CON)cc(C(F)F)c1OC. The molecule has 1 rings (SSSR count). The van der Waals surface area contributed by atoms with Crippen molar-refractivity contribution >= 4 is 0 Å². The van der Waals surface area contributed by atoms with Gasteiger partial charge in [0.1, 0.15) is 0 Å². The predicted molar refractivity (Wildman–Crippen MR) is 53.5 cm³/mol. The number of rotatable bonds is 5. The summed E-state index contributed by atoms with van der Waals surface area (Å²) in [5.41, 5.74) is 0.254. The molecule has 2 N–H and O–H groups in total. The molecule has 0 spiro atoms. The summed E-state index contributed by atoms with van der Waals surface area (Å²) in [6.45, 7) is 0.0279. The van der Waals surface area contributed by atoms with Crippen LogP contribution in [0, 0.1) is 0 Å². The fourth-order valence-electron chi connectivity index (χ4n) is 1.39. The van der Waals surface area contributed by atoms with Crippen LogP contribution in [0.2, 0.25) is 0 Å². The molecule has 1 aromatic carbocycles. The zero-order valence-electron chi connectivity index (χ0n) is 9.00. The lowest BCUT2D eigenvalue weighted by molar-refractivity contribution is 0.122. The fraction of sp³-hybridized carbons (Fsp3) is 0.400. The lowest BCUT2D eigenvalue weighted by Crippen LogP contribution is -2.03. The van der Waals surface area contributed by atoms with Crippen molar-refractivity contribution in [1.82, 2.24) is 0 Å². The molecule has 0 atom stereocenters. The molecule has 0 heterocycles. The summed E-state index contributed by atoms with van der Waals surface area (Å²) in [6, 6.07) is 2.82. The summed E-state index contributed by atoms with van der Waals surface area (Å²) in [4.78, 5) is 4.39. The molecule has 0 saturated heterocycles. The minimum atomic E-state index is -2.65. The van der Waals surface area contributed by atoms with Crippen molar-refractivity contribution in [2.45, 2.75) is 13.0 Å². The summed E-state index contributed by atoms with van der Waals surface area (Å²) in [7, 11) is 2.68. The van der Waals surface area contributed by atoms with Crippen LogP contribution in [-0.4, -0.2) is 14.2 Å². The summed E-state index contributed by atoms with van der Waals surface area (Å²) < 4.78 is 35.3. The Morgan fingerprint density at radius 3 is 2.38 bits per heavy atom. The minimum Gasteiger partial charge on any atom is -0.493 e. The van der Waals surface area contributed by atoms with E-state index < -0.39 is 6.43 Å². The highest BCUT2D eigenvalue weighted by Gasteiger charge is 2.19. The molecule has 0 aliphatic heterocycles. The Hall–Kier alpha value is -1.40. The first-order valence-corrected chi connectivity index (χ1v) is 4.48. The number of hydrogen-bond acceptors (Lipinski definition) is 4. The van der Waals surface area contributed by atoms with Gasteiger partial charge < -0.3 is 9.47 Å². The molecule has 6 heteroatoms. The van der Waals surface area contributed by atoms with E-state index in [-0.39, 0.29) is 23.7 Å². The summed E-state index contributed by atoms with van der Waals surface area (Å²) in [5.74, 6) is 5.14. The van der Waals surface area contributed by atoms with Gasteiger partial charge in [0.25, 0.3) is 6.43 Å². The molecule has 90 valence electrons. The smallest absolute Gasteiger partial charge is 0.267 e. The third-order valence-electron chi connectivity index (χ3n) is 2.05. The van der Waals surface area contributed by atoms with Gasteiger partial charge in [-0.3, -0.25) is 4.84 Å². The van der Waals surface area contributed by atoms with Crippen LogP contribution in [0.4, 0.5) is 8.78 Å². The second-order valence-corrected chi connectivity index (χ2v) is 3.03. The number of hydrogen-bond donors (Lipinski definition) is 1. The van der Waals surface area contributed by atoms with Crippen LogP contribution in [0.5, 0.6) is 11.5 Å². The second kappa shape index (κ2) is 5.62. The van der Waals surface area contributed by atoms with Crippen molar-refractivity contribution in [2.75, 3.05) is 14.2 Å². The topological polar surface area (TPSA) is 53.7 Å². The molecule has 0 aliphatic carbocycles. The first kappa shape index (κ1) is 12.7. The molecule has 0 aromatic heterocycles. The number of methoxy groups -OCH3 is 2. The second-order valence-electron chi connectivity index (χ2n) is 3.03. The van der Waals surface area contributed by atoms with Crippen LogP contribution < -0.4 is 15.4 Å². The largest absolute Gasteiger partial charge is 0.493 e. The first-order chi connectivity index (χ1) is 7.63. The number of alkyl halides is 2. The first-order valence-electron chi connectivity index (χ1n) is 4.48. The van der Waals surface area contributed by atoms with E-state index in [2.05, 4.69) is 4.84 Å². The maximum atomic E-state index is 12.7. The highest BCUT2D eigenvalue weighted by Crippen LogP contribution is 2.38. The van der Waals surface area contributed by atoms with Gasteiger partial charge in [0.15, 0.2) is 11.5 Å². The Labute approximate surface area is 91.9 Å². The Kier molecular flexibility index (Phi) is 4.45. The van der Waals surface area contributed by atoms with Gasteiger partial charge in [0.2, 0.25) is 0 Å². The molecule has 1 aromatic rings. The summed E-state index contributed by atoms with van der Waals surface area (Å²) in [5, 5.41) is 0. The molecule has 0 saturated carbocycles. The Balaban J connectivity index is 3.25. The van der Waals surface area contributed by atoms with Crippen LogP contribution in [0.25, 0.3) is 0 Å². The monoisotopic (exact) mass is 233 g/mol. The maximum absolute atomic E-state index is 12.7. The van der Waals surface area contributed by atoms with Crippen molar-refractivity contribution in [3.8, 4) is 11.5 Å². The number of ether oxygens (including phenoxy) is 2. The number of nitrogens with two attached hydrogens (primary N) is 1. The van der Waals surface area contributed by atoms with Crippen LogP contribution in [-0.2, 0) is 11.4 Å². The van der Waals surface area contributed by atoms with Crippen LogP contribution in [0.1, 0.15) is 17.6 Å². The average molecular weight is 233 g/mol. The minimum absolute atomic E-state index is 0.0262. The fourth-order valence-corrected chi connectivity index (χ4v) is 1.39. The van der Waals surface area contributed by atoms with Crippen molar-refractivity contribution in [1.29, 1.82) is 0 Å². The number of halogens is 2. The third kappa shape index (κ3) is 2.59. The van der Waals surface area contributed by atoms with E-state index in [1.807, 2.05) is 0 Å². The van der Waals surface area contributed by atoms with Crippen molar-refractivity contribution in [3.63, 3.8) is 0 Å². The molecule has 4 nitrogen and oxygen atoms in total. The lowest BCUT2D eigenvalue weighted by Gasteiger charge is -2.14. The van der Waals surface area contributed by atoms with E-state index >= 15 is 0 Å². The van der Waals surface area contributed by atoms with Crippen molar-refractivity contribution < 1.29 is 23.1 Å². The van der Waals surface area contributed by atoms with Crippen LogP contribution >= 0.6 is 0 Å². The van der Waals surface area contributed by atoms with Gasteiger partial charge in [-0.2, -0.15) is 0 Å². The molecule has 0 fully saturated rings. The summed E-state index contributed by atoms with van der Waals surface area (Å²) >= 11 is 0. The quantitative estimate of drug-likeness (QED) is 0.790. The van der Waals surface area contributed by atoms with Gasteiger partial charge in [0.05, 0.1) is 26.4 Å². The predicted octanol–water partition coefficient (Wildman–Crippen LogP) is 2.03. The molecule has 0 aliphatic rings. The van der Waals surface area contributed by atoms with Gasteiger partial charge in [-0.05, 0) is 17.7 Å². The lowest BCUT2D eigenvalue weighted by atomic mass is 10.1. The highest BCUT2D eigenvalue weighted by molar-refractivity contribution is 5.50. The van der Waals surface area contributed by atoms with Crippen LogP contribution in [0.15, 0.2) is 12.1 Å². The molecule has 0 bridgehead atoms. The molecule has 0 radical (unpaired) electrons. The maximum Gasteiger partial charge on any atom is 0.267 e. The van der Waals surface area contributed by atoms with Crippen molar-refractivity contribution in [2.24, 2.45) is 5.90 Å². The Bertz CT molecular complexity index is 358. The van der Waals surface area contributed by atoms with E-state index in [1.54, 1.807) is 0 Å². The van der Waals surface area contributed by atoms with E-state index in [0.717, 1.165) is 0 Å². The molecular weight excluding hydrogens is 220 g/mol. The Morgan fingerprint density at radius 2 is 1.94 bits per heavy atom. The van der Waals surface area contributed by atoms with Crippen LogP contribution in [0.3, 0.4) is 0 Å². The van der Waals surface area contributed by atoms with Gasteiger partial charge in [-0.1, -0.05) is 0 Å². The normalized spacial score (nSPS) is 10.6. The van der Waals surface area contributed by atoms with E-state index in [0.29, 0.717) is 5.56 Å². The van der Waals surface area contributed by atoms with E-state index in [4.69, 9.17) is 15.4 Å². The molecule has 0 amide bonds.